The van der Waals surface area contributed by atoms with Gasteiger partial charge >= 0.3 is 5.97 Å². The van der Waals surface area contributed by atoms with Crippen LogP contribution in [0.1, 0.15) is 37.9 Å². The Hall–Kier alpha value is -3.31. The van der Waals surface area contributed by atoms with E-state index in [1.807, 2.05) is 30.3 Å². The van der Waals surface area contributed by atoms with E-state index in [9.17, 15) is 9.59 Å². The average Bonchev–Trinajstić information content (AvgIpc) is 2.80. The Labute approximate surface area is 186 Å². The van der Waals surface area contributed by atoms with E-state index in [0.29, 0.717) is 41.5 Å². The molecular formula is C25H22ClNO4. The minimum atomic E-state index is -0.362. The summed E-state index contributed by atoms with van der Waals surface area (Å²) < 4.78 is 11.3. The van der Waals surface area contributed by atoms with Gasteiger partial charge in [-0.3, -0.25) is 4.79 Å². The summed E-state index contributed by atoms with van der Waals surface area (Å²) in [4.78, 5) is 26.9. The summed E-state index contributed by atoms with van der Waals surface area (Å²) in [7, 11) is 1.73. The first kappa shape index (κ1) is 20.9. The van der Waals surface area contributed by atoms with Gasteiger partial charge in [-0.25, -0.2) is 4.79 Å². The number of likely N-dealkylation sites (N-methyl/N-ethyl adjacent to an activating group) is 1. The van der Waals surface area contributed by atoms with Crippen molar-refractivity contribution in [2.75, 3.05) is 20.2 Å². The molecule has 1 atom stereocenters. The number of carbonyl (C=O) groups is 2. The van der Waals surface area contributed by atoms with Crippen molar-refractivity contribution in [1.82, 2.24) is 4.90 Å². The molecule has 0 saturated heterocycles. The highest BCUT2D eigenvalue weighted by molar-refractivity contribution is 6.30. The molecule has 31 heavy (non-hydrogen) atoms. The molecule has 6 heteroatoms. The molecule has 5 nitrogen and oxygen atoms in total. The molecule has 1 aliphatic heterocycles. The summed E-state index contributed by atoms with van der Waals surface area (Å²) in [5, 5.41) is 0.644. The molecule has 3 aromatic carbocycles. The molecule has 4 rings (SSSR count). The number of benzene rings is 3. The summed E-state index contributed by atoms with van der Waals surface area (Å²) in [6.45, 7) is 0.782. The van der Waals surface area contributed by atoms with Gasteiger partial charge in [-0.15, -0.1) is 0 Å². The zero-order chi connectivity index (χ0) is 21.8. The van der Waals surface area contributed by atoms with Gasteiger partial charge in [0.1, 0.15) is 18.5 Å². The fourth-order valence-corrected chi connectivity index (χ4v) is 3.66. The van der Waals surface area contributed by atoms with E-state index >= 15 is 0 Å². The minimum Gasteiger partial charge on any atom is -0.492 e. The fourth-order valence-electron chi connectivity index (χ4n) is 3.54. The second-order valence-electron chi connectivity index (χ2n) is 7.41. The highest BCUT2D eigenvalue weighted by atomic mass is 35.5. The SMILES string of the molecule is CN(CCOc1ccc(Cl)cc1)C(=O)c1ccc2c(c1)C[C@@H](c1ccccc1)OC2=O. The molecule has 158 valence electrons. The first-order valence-electron chi connectivity index (χ1n) is 10.0. The predicted molar refractivity (Wildman–Crippen MR) is 119 cm³/mol. The number of esters is 1. The second-order valence-corrected chi connectivity index (χ2v) is 7.85. The number of rotatable bonds is 6. The van der Waals surface area contributed by atoms with Crippen molar-refractivity contribution in [3.05, 3.63) is 100 Å². The van der Waals surface area contributed by atoms with Crippen molar-refractivity contribution in [2.45, 2.75) is 12.5 Å². The van der Waals surface area contributed by atoms with E-state index in [2.05, 4.69) is 0 Å². The fraction of sp³-hybridized carbons (Fsp3) is 0.200. The molecule has 0 aromatic heterocycles. The lowest BCUT2D eigenvalue weighted by Gasteiger charge is -2.26. The van der Waals surface area contributed by atoms with Gasteiger partial charge in [0.05, 0.1) is 12.1 Å². The number of fused-ring (bicyclic) bond motifs is 1. The third-order valence-corrected chi connectivity index (χ3v) is 5.51. The zero-order valence-electron chi connectivity index (χ0n) is 17.1. The normalized spacial score (nSPS) is 15.0. The molecule has 1 heterocycles. The van der Waals surface area contributed by atoms with Crippen LogP contribution in [0.5, 0.6) is 5.75 Å². The van der Waals surface area contributed by atoms with Crippen LogP contribution < -0.4 is 4.74 Å². The van der Waals surface area contributed by atoms with Crippen LogP contribution in [0.3, 0.4) is 0 Å². The smallest absolute Gasteiger partial charge is 0.339 e. The predicted octanol–water partition coefficient (Wildman–Crippen LogP) is 4.95. The van der Waals surface area contributed by atoms with E-state index in [4.69, 9.17) is 21.1 Å². The van der Waals surface area contributed by atoms with Crippen LogP contribution in [0.15, 0.2) is 72.8 Å². The highest BCUT2D eigenvalue weighted by Crippen LogP contribution is 2.31. The van der Waals surface area contributed by atoms with E-state index in [1.165, 1.54) is 0 Å². The van der Waals surface area contributed by atoms with Crippen molar-refractivity contribution in [1.29, 1.82) is 0 Å². The van der Waals surface area contributed by atoms with Gasteiger partial charge < -0.3 is 14.4 Å². The van der Waals surface area contributed by atoms with Crippen LogP contribution >= 0.6 is 11.6 Å². The lowest BCUT2D eigenvalue weighted by atomic mass is 9.93. The monoisotopic (exact) mass is 435 g/mol. The standard InChI is InChI=1S/C25H22ClNO4/c1-27(13-14-30-21-10-8-20(26)9-11-21)24(28)18-7-12-22-19(15-18)16-23(31-25(22)29)17-5-3-2-4-6-17/h2-12,15,23H,13-14,16H2,1H3/t23-/m0/s1. The molecule has 1 aliphatic rings. The molecular weight excluding hydrogens is 414 g/mol. The number of halogens is 1. The largest absolute Gasteiger partial charge is 0.492 e. The summed E-state index contributed by atoms with van der Waals surface area (Å²) in [6, 6.07) is 21.9. The van der Waals surface area contributed by atoms with E-state index in [-0.39, 0.29) is 18.0 Å². The van der Waals surface area contributed by atoms with Crippen molar-refractivity contribution in [3.63, 3.8) is 0 Å². The number of cyclic esters (lactones) is 1. The topological polar surface area (TPSA) is 55.8 Å². The summed E-state index contributed by atoms with van der Waals surface area (Å²) in [6.07, 6.45) is 0.187. The molecule has 0 spiro atoms. The maximum atomic E-state index is 12.9. The minimum absolute atomic E-state index is 0.127. The third kappa shape index (κ3) is 4.89. The number of hydrogen-bond acceptors (Lipinski definition) is 4. The lowest BCUT2D eigenvalue weighted by molar-refractivity contribution is 0.0252. The maximum absolute atomic E-state index is 12.9. The van der Waals surface area contributed by atoms with Crippen LogP contribution in [-0.4, -0.2) is 37.0 Å². The first-order valence-corrected chi connectivity index (χ1v) is 10.4. The Bertz CT molecular complexity index is 1080. The van der Waals surface area contributed by atoms with Gasteiger partial charge in [0.2, 0.25) is 0 Å². The molecule has 0 unspecified atom stereocenters. The summed E-state index contributed by atoms with van der Waals surface area (Å²) in [5.41, 5.74) is 2.81. The van der Waals surface area contributed by atoms with Crippen LogP contribution in [0.25, 0.3) is 0 Å². The van der Waals surface area contributed by atoms with Gasteiger partial charge in [0.15, 0.2) is 0 Å². The van der Waals surface area contributed by atoms with Gasteiger partial charge in [0, 0.05) is 24.1 Å². The average molecular weight is 436 g/mol. The van der Waals surface area contributed by atoms with E-state index in [0.717, 1.165) is 11.1 Å². The van der Waals surface area contributed by atoms with Crippen molar-refractivity contribution >= 4 is 23.5 Å². The quantitative estimate of drug-likeness (QED) is 0.514. The first-order chi connectivity index (χ1) is 15.0. The Morgan fingerprint density at radius 1 is 1.10 bits per heavy atom. The lowest BCUT2D eigenvalue weighted by Crippen LogP contribution is -2.31. The molecule has 0 bridgehead atoms. The van der Waals surface area contributed by atoms with Crippen LogP contribution in [0.2, 0.25) is 5.02 Å². The van der Waals surface area contributed by atoms with Gasteiger partial charge in [-0.05, 0) is 53.6 Å². The van der Waals surface area contributed by atoms with Crippen molar-refractivity contribution in [2.24, 2.45) is 0 Å². The van der Waals surface area contributed by atoms with Crippen LogP contribution in [0, 0.1) is 0 Å². The van der Waals surface area contributed by atoms with Crippen molar-refractivity contribution < 1.29 is 19.1 Å². The van der Waals surface area contributed by atoms with Gasteiger partial charge in [0.25, 0.3) is 5.91 Å². The Balaban J connectivity index is 1.42. The molecule has 0 fully saturated rings. The summed E-state index contributed by atoms with van der Waals surface area (Å²) in [5.74, 6) is 0.209. The highest BCUT2D eigenvalue weighted by Gasteiger charge is 2.28. The Kier molecular flexibility index (Phi) is 6.23. The molecule has 0 saturated carbocycles. The zero-order valence-corrected chi connectivity index (χ0v) is 17.8. The van der Waals surface area contributed by atoms with Crippen LogP contribution in [-0.2, 0) is 11.2 Å². The van der Waals surface area contributed by atoms with Gasteiger partial charge in [-0.1, -0.05) is 41.9 Å². The molecule has 0 radical (unpaired) electrons. The number of hydrogen-bond donors (Lipinski definition) is 0. The van der Waals surface area contributed by atoms with Crippen LogP contribution in [0.4, 0.5) is 0 Å². The number of nitrogens with zero attached hydrogens (tertiary/aromatic N) is 1. The number of ether oxygens (including phenoxy) is 2. The number of carbonyl (C=O) groups excluding carboxylic acids is 2. The van der Waals surface area contributed by atoms with E-state index < -0.39 is 0 Å². The molecule has 1 amide bonds. The summed E-state index contributed by atoms with van der Waals surface area (Å²) >= 11 is 5.87. The van der Waals surface area contributed by atoms with Crippen molar-refractivity contribution in [3.8, 4) is 5.75 Å². The Morgan fingerprint density at radius 3 is 2.58 bits per heavy atom. The molecule has 3 aromatic rings. The van der Waals surface area contributed by atoms with E-state index in [1.54, 1.807) is 54.4 Å². The molecule has 0 aliphatic carbocycles. The second kappa shape index (κ2) is 9.23. The maximum Gasteiger partial charge on any atom is 0.339 e. The number of amides is 1. The Morgan fingerprint density at radius 2 is 1.84 bits per heavy atom. The third-order valence-electron chi connectivity index (χ3n) is 5.25. The molecule has 0 N–H and O–H groups in total. The van der Waals surface area contributed by atoms with Gasteiger partial charge in [-0.2, -0.15) is 0 Å².